The molecule has 4 nitrogen and oxygen atoms in total. The van der Waals surface area contributed by atoms with Gasteiger partial charge < -0.3 is 9.47 Å². The second-order valence-corrected chi connectivity index (χ2v) is 6.71. The smallest absolute Gasteiger partial charge is 0.261 e. The maximum absolute atomic E-state index is 11.4. The molecular weight excluding hydrogens is 276 g/mol. The van der Waals surface area contributed by atoms with Gasteiger partial charge in [0.25, 0.3) is 9.05 Å². The van der Waals surface area contributed by atoms with Crippen LogP contribution in [-0.4, -0.2) is 28.2 Å². The van der Waals surface area contributed by atoms with Crippen molar-refractivity contribution in [2.24, 2.45) is 0 Å². The summed E-state index contributed by atoms with van der Waals surface area (Å²) in [7, 11) is 3.26. The van der Waals surface area contributed by atoms with Gasteiger partial charge in [0.2, 0.25) is 0 Å². The molecule has 1 rings (SSSR count). The van der Waals surface area contributed by atoms with Gasteiger partial charge in [-0.3, -0.25) is 0 Å². The Kier molecular flexibility index (Phi) is 5.01. The summed E-state index contributed by atoms with van der Waals surface area (Å²) in [4.78, 5) is 0.149. The Labute approximate surface area is 112 Å². The summed E-state index contributed by atoms with van der Waals surface area (Å²) in [6, 6.07) is 3.32. The third-order valence-corrected chi connectivity index (χ3v) is 4.01. The molecule has 1 aromatic rings. The van der Waals surface area contributed by atoms with Crippen LogP contribution >= 0.6 is 10.7 Å². The van der Waals surface area contributed by atoms with Crippen molar-refractivity contribution >= 4 is 19.7 Å². The molecule has 1 atom stereocenters. The van der Waals surface area contributed by atoms with Crippen LogP contribution in [0.25, 0.3) is 0 Å². The quantitative estimate of drug-likeness (QED) is 0.783. The largest absolute Gasteiger partial charge is 0.488 e. The number of hydrogen-bond donors (Lipinski definition) is 0. The Morgan fingerprint density at radius 3 is 2.17 bits per heavy atom. The SMILES string of the molecule is COCC(C)Oc1cc(C)c(S(=O)(=O)Cl)c(C)c1. The van der Waals surface area contributed by atoms with Crippen molar-refractivity contribution in [1.29, 1.82) is 0 Å². The number of methoxy groups -OCH3 is 1. The average molecular weight is 293 g/mol. The van der Waals surface area contributed by atoms with Crippen LogP contribution in [-0.2, 0) is 13.8 Å². The monoisotopic (exact) mass is 292 g/mol. The highest BCUT2D eigenvalue weighted by Crippen LogP contribution is 2.28. The Morgan fingerprint density at radius 1 is 1.28 bits per heavy atom. The van der Waals surface area contributed by atoms with Crippen LogP contribution in [0.2, 0.25) is 0 Å². The van der Waals surface area contributed by atoms with Crippen LogP contribution < -0.4 is 4.74 Å². The Hall–Kier alpha value is -0.780. The predicted octanol–water partition coefficient (Wildman–Crippen LogP) is 2.64. The zero-order valence-electron chi connectivity index (χ0n) is 10.9. The van der Waals surface area contributed by atoms with Crippen LogP contribution in [0.3, 0.4) is 0 Å². The lowest BCUT2D eigenvalue weighted by atomic mass is 10.1. The number of aryl methyl sites for hydroxylation is 2. The van der Waals surface area contributed by atoms with Gasteiger partial charge in [-0.15, -0.1) is 0 Å². The molecule has 0 aromatic heterocycles. The standard InChI is InChI=1S/C12H17ClO4S/c1-8-5-11(17-10(3)7-16-4)6-9(2)12(8)18(13,14)15/h5-6,10H,7H2,1-4H3. The molecular formula is C12H17ClO4S. The molecule has 6 heteroatoms. The van der Waals surface area contributed by atoms with Crippen LogP contribution in [0.15, 0.2) is 17.0 Å². The molecule has 0 aliphatic rings. The highest BCUT2D eigenvalue weighted by Gasteiger charge is 2.18. The molecule has 102 valence electrons. The van der Waals surface area contributed by atoms with Gasteiger partial charge in [-0.05, 0) is 44.0 Å². The van der Waals surface area contributed by atoms with E-state index in [1.54, 1.807) is 33.1 Å². The Bertz CT molecular complexity index is 502. The van der Waals surface area contributed by atoms with Crippen molar-refractivity contribution in [2.45, 2.75) is 31.8 Å². The Morgan fingerprint density at radius 2 is 1.78 bits per heavy atom. The molecule has 0 saturated heterocycles. The summed E-state index contributed by atoms with van der Waals surface area (Å²) in [6.45, 7) is 5.72. The van der Waals surface area contributed by atoms with E-state index in [9.17, 15) is 8.42 Å². The topological polar surface area (TPSA) is 52.6 Å². The van der Waals surface area contributed by atoms with Gasteiger partial charge in [0.05, 0.1) is 11.5 Å². The fourth-order valence-electron chi connectivity index (χ4n) is 1.86. The molecule has 1 aromatic carbocycles. The zero-order valence-corrected chi connectivity index (χ0v) is 12.4. The molecule has 0 saturated carbocycles. The summed E-state index contributed by atoms with van der Waals surface area (Å²) >= 11 is 0. The third kappa shape index (κ3) is 3.86. The number of ether oxygens (including phenoxy) is 2. The maximum atomic E-state index is 11.4. The van der Waals surface area contributed by atoms with Crippen molar-refractivity contribution in [1.82, 2.24) is 0 Å². The normalized spacial score (nSPS) is 13.4. The van der Waals surface area contributed by atoms with Crippen molar-refractivity contribution in [2.75, 3.05) is 13.7 Å². The van der Waals surface area contributed by atoms with Crippen molar-refractivity contribution < 1.29 is 17.9 Å². The van der Waals surface area contributed by atoms with Crippen LogP contribution in [0.5, 0.6) is 5.75 Å². The van der Waals surface area contributed by atoms with Crippen LogP contribution in [0, 0.1) is 13.8 Å². The van der Waals surface area contributed by atoms with Gasteiger partial charge in [-0.1, -0.05) is 0 Å². The summed E-state index contributed by atoms with van der Waals surface area (Å²) in [5, 5.41) is 0. The highest BCUT2D eigenvalue weighted by molar-refractivity contribution is 8.13. The maximum Gasteiger partial charge on any atom is 0.261 e. The van der Waals surface area contributed by atoms with E-state index >= 15 is 0 Å². The van der Waals surface area contributed by atoms with Gasteiger partial charge in [-0.2, -0.15) is 0 Å². The number of benzene rings is 1. The first-order valence-corrected chi connectivity index (χ1v) is 7.78. The van der Waals surface area contributed by atoms with Gasteiger partial charge in [0.15, 0.2) is 0 Å². The van der Waals surface area contributed by atoms with Gasteiger partial charge in [-0.25, -0.2) is 8.42 Å². The highest BCUT2D eigenvalue weighted by atomic mass is 35.7. The second-order valence-electron chi connectivity index (χ2n) is 4.21. The molecule has 0 aliphatic heterocycles. The first-order valence-electron chi connectivity index (χ1n) is 5.47. The lowest BCUT2D eigenvalue weighted by Gasteiger charge is -2.16. The first-order chi connectivity index (χ1) is 8.25. The molecule has 0 N–H and O–H groups in total. The fraction of sp³-hybridized carbons (Fsp3) is 0.500. The number of hydrogen-bond acceptors (Lipinski definition) is 4. The molecule has 18 heavy (non-hydrogen) atoms. The molecule has 0 bridgehead atoms. The van der Waals surface area contributed by atoms with Gasteiger partial charge >= 0.3 is 0 Å². The fourth-order valence-corrected chi connectivity index (χ4v) is 3.48. The lowest BCUT2D eigenvalue weighted by Crippen LogP contribution is -2.18. The minimum atomic E-state index is -3.73. The molecule has 0 aliphatic carbocycles. The zero-order chi connectivity index (χ0) is 13.9. The third-order valence-electron chi connectivity index (χ3n) is 2.42. The van der Waals surface area contributed by atoms with Gasteiger partial charge in [0.1, 0.15) is 11.9 Å². The molecule has 1 unspecified atom stereocenters. The first kappa shape index (κ1) is 15.3. The van der Waals surface area contributed by atoms with Crippen molar-refractivity contribution in [3.05, 3.63) is 23.3 Å². The second kappa shape index (κ2) is 5.91. The van der Waals surface area contributed by atoms with Crippen LogP contribution in [0.4, 0.5) is 0 Å². The van der Waals surface area contributed by atoms with E-state index in [2.05, 4.69) is 0 Å². The van der Waals surface area contributed by atoms with Gasteiger partial charge in [0, 0.05) is 17.8 Å². The lowest BCUT2D eigenvalue weighted by molar-refractivity contribution is 0.0920. The van der Waals surface area contributed by atoms with E-state index in [1.165, 1.54) is 0 Å². The molecule has 0 heterocycles. The number of rotatable bonds is 5. The molecule has 0 radical (unpaired) electrons. The Balaban J connectivity index is 3.08. The summed E-state index contributed by atoms with van der Waals surface area (Å²) in [6.07, 6.45) is -0.104. The molecule has 0 fully saturated rings. The van der Waals surface area contributed by atoms with Crippen molar-refractivity contribution in [3.63, 3.8) is 0 Å². The van der Waals surface area contributed by atoms with Crippen LogP contribution in [0.1, 0.15) is 18.1 Å². The average Bonchev–Trinajstić information content (AvgIpc) is 2.13. The summed E-state index contributed by atoms with van der Waals surface area (Å²) in [5.74, 6) is 0.610. The van der Waals surface area contributed by atoms with E-state index in [0.717, 1.165) is 0 Å². The number of halogens is 1. The van der Waals surface area contributed by atoms with E-state index < -0.39 is 9.05 Å². The predicted molar refractivity (Wildman–Crippen MR) is 70.9 cm³/mol. The molecule has 0 amide bonds. The van der Waals surface area contributed by atoms with E-state index in [0.29, 0.717) is 23.5 Å². The molecule has 0 spiro atoms. The minimum Gasteiger partial charge on any atom is -0.488 e. The van der Waals surface area contributed by atoms with E-state index in [1.807, 2.05) is 6.92 Å². The summed E-state index contributed by atoms with van der Waals surface area (Å²) in [5.41, 5.74) is 1.15. The minimum absolute atomic E-state index is 0.104. The van der Waals surface area contributed by atoms with E-state index in [4.69, 9.17) is 20.2 Å². The van der Waals surface area contributed by atoms with E-state index in [-0.39, 0.29) is 11.0 Å². The van der Waals surface area contributed by atoms with Crippen molar-refractivity contribution in [3.8, 4) is 5.75 Å². The summed E-state index contributed by atoms with van der Waals surface area (Å²) < 4.78 is 33.4.